The number of pyridine rings is 1. The fourth-order valence-corrected chi connectivity index (χ4v) is 1.95. The van der Waals surface area contributed by atoms with Gasteiger partial charge in [0.25, 0.3) is 0 Å². The summed E-state index contributed by atoms with van der Waals surface area (Å²) in [5.74, 6) is -1.01. The molecule has 6 heteroatoms. The Bertz CT molecular complexity index is 767. The van der Waals surface area contributed by atoms with Crippen molar-refractivity contribution in [3.8, 4) is 17.2 Å². The van der Waals surface area contributed by atoms with Gasteiger partial charge >= 0.3 is 0 Å². The largest absolute Gasteiger partial charge is 0.399 e. The molecule has 1 aromatic carbocycles. The third-order valence-corrected chi connectivity index (χ3v) is 2.80. The van der Waals surface area contributed by atoms with Gasteiger partial charge in [-0.15, -0.1) is 0 Å². The Balaban J connectivity index is 2.15. The molecule has 3 rings (SSSR count). The normalized spacial score (nSPS) is 10.7. The van der Waals surface area contributed by atoms with Crippen LogP contribution < -0.4 is 5.73 Å². The summed E-state index contributed by atoms with van der Waals surface area (Å²) in [5.41, 5.74) is 7.02. The summed E-state index contributed by atoms with van der Waals surface area (Å²) in [7, 11) is 0. The van der Waals surface area contributed by atoms with E-state index in [2.05, 4.69) is 9.97 Å². The Labute approximate surface area is 113 Å². The van der Waals surface area contributed by atoms with Gasteiger partial charge in [0, 0.05) is 29.7 Å². The van der Waals surface area contributed by atoms with Gasteiger partial charge in [0.15, 0.2) is 11.6 Å². The number of anilines is 1. The molecule has 100 valence electrons. The molecular weight excluding hydrogens is 262 g/mol. The molecule has 0 aliphatic heterocycles. The molecule has 0 amide bonds. The van der Waals surface area contributed by atoms with Gasteiger partial charge in [0.05, 0.1) is 6.20 Å². The van der Waals surface area contributed by atoms with Gasteiger partial charge in [-0.3, -0.25) is 4.57 Å². The van der Waals surface area contributed by atoms with Crippen LogP contribution in [0.5, 0.6) is 0 Å². The first-order chi connectivity index (χ1) is 9.65. The average molecular weight is 272 g/mol. The summed E-state index contributed by atoms with van der Waals surface area (Å²) in [6, 6.07) is 7.83. The molecule has 0 saturated carbocycles. The zero-order valence-electron chi connectivity index (χ0n) is 10.3. The van der Waals surface area contributed by atoms with Crippen LogP contribution in [0.15, 0.2) is 48.9 Å². The predicted octanol–water partition coefficient (Wildman–Crippen LogP) is 2.79. The first-order valence-corrected chi connectivity index (χ1v) is 5.86. The highest BCUT2D eigenvalue weighted by Gasteiger charge is 2.13. The van der Waals surface area contributed by atoms with Crippen molar-refractivity contribution in [2.75, 3.05) is 5.73 Å². The van der Waals surface area contributed by atoms with Gasteiger partial charge < -0.3 is 5.73 Å². The number of hydrogen-bond donors (Lipinski definition) is 1. The molecule has 0 aliphatic rings. The fraction of sp³-hybridized carbons (Fsp3) is 0. The zero-order valence-corrected chi connectivity index (χ0v) is 10.3. The monoisotopic (exact) mass is 272 g/mol. The SMILES string of the molecule is Nc1cccc(-c2nccn2-c2ncc(F)cc2F)c1. The molecule has 2 aromatic heterocycles. The maximum absolute atomic E-state index is 13.8. The van der Waals surface area contributed by atoms with Crippen molar-refractivity contribution < 1.29 is 8.78 Å². The lowest BCUT2D eigenvalue weighted by Gasteiger charge is -2.08. The van der Waals surface area contributed by atoms with Gasteiger partial charge in [0.2, 0.25) is 0 Å². The van der Waals surface area contributed by atoms with Crippen LogP contribution >= 0.6 is 0 Å². The van der Waals surface area contributed by atoms with Crippen LogP contribution in [0, 0.1) is 11.6 Å². The van der Waals surface area contributed by atoms with Crippen LogP contribution in [-0.4, -0.2) is 14.5 Å². The van der Waals surface area contributed by atoms with Crippen molar-refractivity contribution >= 4 is 5.69 Å². The predicted molar refractivity (Wildman–Crippen MR) is 71.1 cm³/mol. The van der Waals surface area contributed by atoms with Crippen molar-refractivity contribution in [2.24, 2.45) is 0 Å². The van der Waals surface area contributed by atoms with E-state index in [9.17, 15) is 8.78 Å². The van der Waals surface area contributed by atoms with Crippen LogP contribution in [0.3, 0.4) is 0 Å². The van der Waals surface area contributed by atoms with E-state index in [1.807, 2.05) is 0 Å². The minimum Gasteiger partial charge on any atom is -0.399 e. The Morgan fingerprint density at radius 1 is 1.10 bits per heavy atom. The zero-order chi connectivity index (χ0) is 14.1. The van der Waals surface area contributed by atoms with Crippen LogP contribution in [0.2, 0.25) is 0 Å². The molecule has 0 fully saturated rings. The Morgan fingerprint density at radius 3 is 2.70 bits per heavy atom. The second-order valence-electron chi connectivity index (χ2n) is 4.21. The molecule has 3 aromatic rings. The number of halogens is 2. The maximum Gasteiger partial charge on any atom is 0.174 e. The molecule has 0 radical (unpaired) electrons. The van der Waals surface area contributed by atoms with E-state index in [0.29, 0.717) is 11.5 Å². The number of aromatic nitrogens is 3. The molecule has 0 saturated heterocycles. The molecule has 2 N–H and O–H groups in total. The minimum atomic E-state index is -0.756. The molecule has 2 heterocycles. The van der Waals surface area contributed by atoms with Crippen molar-refractivity contribution in [1.29, 1.82) is 0 Å². The summed E-state index contributed by atoms with van der Waals surface area (Å²) in [5, 5.41) is 0. The molecule has 0 unspecified atom stereocenters. The number of nitrogens with two attached hydrogens (primary N) is 1. The topological polar surface area (TPSA) is 56.7 Å². The van der Waals surface area contributed by atoms with Gasteiger partial charge in [-0.05, 0) is 12.1 Å². The average Bonchev–Trinajstić information content (AvgIpc) is 2.87. The van der Waals surface area contributed by atoms with E-state index >= 15 is 0 Å². The van der Waals surface area contributed by atoms with Crippen LogP contribution in [0.25, 0.3) is 17.2 Å². The Kier molecular flexibility index (Phi) is 2.90. The lowest BCUT2D eigenvalue weighted by Crippen LogP contribution is -2.03. The number of nitrogen functional groups attached to an aromatic ring is 1. The van der Waals surface area contributed by atoms with E-state index in [0.717, 1.165) is 17.8 Å². The molecule has 4 nitrogen and oxygen atoms in total. The summed E-state index contributed by atoms with van der Waals surface area (Å²) in [6.07, 6.45) is 4.03. The lowest BCUT2D eigenvalue weighted by molar-refractivity contribution is 0.566. The number of nitrogens with zero attached hydrogens (tertiary/aromatic N) is 3. The van der Waals surface area contributed by atoms with Gasteiger partial charge in [-0.25, -0.2) is 18.7 Å². The highest BCUT2D eigenvalue weighted by Crippen LogP contribution is 2.23. The number of imidazole rings is 1. The Hall–Kier alpha value is -2.76. The fourth-order valence-electron chi connectivity index (χ4n) is 1.95. The highest BCUT2D eigenvalue weighted by atomic mass is 19.1. The molecule has 0 spiro atoms. The molecular formula is C14H10F2N4. The van der Waals surface area contributed by atoms with Gasteiger partial charge in [-0.2, -0.15) is 0 Å². The standard InChI is InChI=1S/C14H10F2N4/c15-10-7-12(16)14(19-8-10)20-5-4-18-13(20)9-2-1-3-11(17)6-9/h1-8H,17H2. The lowest BCUT2D eigenvalue weighted by atomic mass is 10.2. The minimum absolute atomic E-state index is 0.0127. The molecule has 0 aliphatic carbocycles. The van der Waals surface area contributed by atoms with Crippen LogP contribution in [0.1, 0.15) is 0 Å². The van der Waals surface area contributed by atoms with Crippen molar-refractivity contribution in [3.05, 3.63) is 60.6 Å². The first-order valence-electron chi connectivity index (χ1n) is 5.86. The van der Waals surface area contributed by atoms with Crippen molar-refractivity contribution in [2.45, 2.75) is 0 Å². The quantitative estimate of drug-likeness (QED) is 0.730. The first kappa shape index (κ1) is 12.3. The van der Waals surface area contributed by atoms with Gasteiger partial charge in [0.1, 0.15) is 11.6 Å². The second-order valence-corrected chi connectivity index (χ2v) is 4.21. The number of rotatable bonds is 2. The number of hydrogen-bond acceptors (Lipinski definition) is 3. The van der Waals surface area contributed by atoms with E-state index in [1.165, 1.54) is 10.8 Å². The maximum atomic E-state index is 13.8. The molecule has 0 bridgehead atoms. The summed E-state index contributed by atoms with van der Waals surface area (Å²) in [4.78, 5) is 7.95. The molecule has 20 heavy (non-hydrogen) atoms. The van der Waals surface area contributed by atoms with Crippen LogP contribution in [0.4, 0.5) is 14.5 Å². The Morgan fingerprint density at radius 2 is 1.95 bits per heavy atom. The van der Waals surface area contributed by atoms with E-state index < -0.39 is 11.6 Å². The second kappa shape index (κ2) is 4.73. The van der Waals surface area contributed by atoms with Crippen molar-refractivity contribution in [1.82, 2.24) is 14.5 Å². The molecule has 0 atom stereocenters. The number of benzene rings is 1. The third kappa shape index (κ3) is 2.11. The van der Waals surface area contributed by atoms with Gasteiger partial charge in [-0.1, -0.05) is 12.1 Å². The summed E-state index contributed by atoms with van der Waals surface area (Å²) in [6.45, 7) is 0. The highest BCUT2D eigenvalue weighted by molar-refractivity contribution is 5.63. The van der Waals surface area contributed by atoms with E-state index in [1.54, 1.807) is 30.5 Å². The van der Waals surface area contributed by atoms with Crippen molar-refractivity contribution in [3.63, 3.8) is 0 Å². The van der Waals surface area contributed by atoms with E-state index in [-0.39, 0.29) is 5.82 Å². The summed E-state index contributed by atoms with van der Waals surface area (Å²) >= 11 is 0. The van der Waals surface area contributed by atoms with Crippen LogP contribution in [-0.2, 0) is 0 Å². The third-order valence-electron chi connectivity index (χ3n) is 2.80. The summed E-state index contributed by atoms with van der Waals surface area (Å²) < 4.78 is 28.2. The smallest absolute Gasteiger partial charge is 0.174 e. The van der Waals surface area contributed by atoms with E-state index in [4.69, 9.17) is 5.73 Å².